The lowest BCUT2D eigenvalue weighted by Crippen LogP contribution is -2.28. The minimum Gasteiger partial charge on any atom is -0.329 e. The molecule has 0 amide bonds. The van der Waals surface area contributed by atoms with Crippen molar-refractivity contribution in [2.75, 3.05) is 13.1 Å². The molecule has 0 bridgehead atoms. The zero-order valence-electron chi connectivity index (χ0n) is 9.85. The monoisotopic (exact) mass is 231 g/mol. The molecule has 1 aromatic heterocycles. The summed E-state index contributed by atoms with van der Waals surface area (Å²) < 4.78 is 0. The Labute approximate surface area is 100 Å². The number of nitrogens with two attached hydrogens (primary N) is 1. The zero-order chi connectivity index (χ0) is 12.1. The summed E-state index contributed by atoms with van der Waals surface area (Å²) in [6, 6.07) is 10.1. The molecule has 90 valence electrons. The number of H-pyrrole nitrogens is 1. The van der Waals surface area contributed by atoms with Crippen molar-refractivity contribution in [3.63, 3.8) is 0 Å². The standard InChI is InChI=1S/C12H17N5/c1-9-15-12(17-16-9)11(14-8-7-13)10-5-3-2-4-6-10/h2-6,11,14H,7-8,13H2,1H3,(H,15,16,17). The number of hydrogen-bond acceptors (Lipinski definition) is 4. The highest BCUT2D eigenvalue weighted by molar-refractivity contribution is 5.24. The molecular weight excluding hydrogens is 214 g/mol. The summed E-state index contributed by atoms with van der Waals surface area (Å²) in [6.45, 7) is 3.21. The van der Waals surface area contributed by atoms with Gasteiger partial charge < -0.3 is 11.1 Å². The summed E-state index contributed by atoms with van der Waals surface area (Å²) in [4.78, 5) is 4.37. The van der Waals surface area contributed by atoms with Gasteiger partial charge in [0.15, 0.2) is 5.82 Å². The first-order valence-electron chi connectivity index (χ1n) is 5.68. The molecule has 0 aliphatic carbocycles. The molecule has 0 spiro atoms. The van der Waals surface area contributed by atoms with E-state index >= 15 is 0 Å². The second-order valence-electron chi connectivity index (χ2n) is 3.87. The predicted octanol–water partition coefficient (Wildman–Crippen LogP) is 0.751. The minimum atomic E-state index is -0.00954. The molecule has 1 atom stereocenters. The number of aromatic nitrogens is 3. The van der Waals surface area contributed by atoms with Crippen molar-refractivity contribution < 1.29 is 0 Å². The summed E-state index contributed by atoms with van der Waals surface area (Å²) in [5.74, 6) is 1.57. The van der Waals surface area contributed by atoms with Crippen molar-refractivity contribution in [3.8, 4) is 0 Å². The molecule has 5 heteroatoms. The highest BCUT2D eigenvalue weighted by Crippen LogP contribution is 2.18. The van der Waals surface area contributed by atoms with Gasteiger partial charge in [0.2, 0.25) is 0 Å². The average molecular weight is 231 g/mol. The molecule has 1 heterocycles. The van der Waals surface area contributed by atoms with Crippen LogP contribution in [0.15, 0.2) is 30.3 Å². The van der Waals surface area contributed by atoms with E-state index in [1.165, 1.54) is 0 Å². The molecule has 0 saturated heterocycles. The Morgan fingerprint density at radius 1 is 1.35 bits per heavy atom. The Morgan fingerprint density at radius 2 is 2.12 bits per heavy atom. The van der Waals surface area contributed by atoms with Crippen LogP contribution in [0, 0.1) is 6.92 Å². The van der Waals surface area contributed by atoms with E-state index in [0.717, 1.165) is 23.8 Å². The molecule has 2 aromatic rings. The summed E-state index contributed by atoms with van der Waals surface area (Å²) in [5.41, 5.74) is 6.67. The molecule has 0 aliphatic heterocycles. The van der Waals surface area contributed by atoms with E-state index in [1.807, 2.05) is 25.1 Å². The highest BCUT2D eigenvalue weighted by Gasteiger charge is 2.17. The SMILES string of the molecule is Cc1nc(C(NCCN)c2ccccc2)n[nH]1. The number of hydrogen-bond donors (Lipinski definition) is 3. The van der Waals surface area contributed by atoms with Gasteiger partial charge in [-0.05, 0) is 12.5 Å². The lowest BCUT2D eigenvalue weighted by atomic mass is 10.1. The number of rotatable bonds is 5. The Bertz CT molecular complexity index is 451. The number of nitrogens with one attached hydrogen (secondary N) is 2. The molecule has 4 N–H and O–H groups in total. The maximum Gasteiger partial charge on any atom is 0.172 e. The summed E-state index contributed by atoms with van der Waals surface area (Å²) in [6.07, 6.45) is 0. The molecular formula is C12H17N5. The van der Waals surface area contributed by atoms with Crippen LogP contribution in [0.1, 0.15) is 23.3 Å². The van der Waals surface area contributed by atoms with Gasteiger partial charge in [0, 0.05) is 13.1 Å². The average Bonchev–Trinajstić information content (AvgIpc) is 2.78. The van der Waals surface area contributed by atoms with E-state index in [0.29, 0.717) is 6.54 Å². The van der Waals surface area contributed by atoms with E-state index in [-0.39, 0.29) is 6.04 Å². The summed E-state index contributed by atoms with van der Waals surface area (Å²) >= 11 is 0. The van der Waals surface area contributed by atoms with E-state index in [9.17, 15) is 0 Å². The Kier molecular flexibility index (Phi) is 3.85. The third-order valence-electron chi connectivity index (χ3n) is 2.50. The van der Waals surface area contributed by atoms with Crippen molar-refractivity contribution >= 4 is 0 Å². The molecule has 0 fully saturated rings. The predicted molar refractivity (Wildman–Crippen MR) is 66.5 cm³/mol. The fourth-order valence-electron chi connectivity index (χ4n) is 1.72. The van der Waals surface area contributed by atoms with Gasteiger partial charge in [0.1, 0.15) is 5.82 Å². The van der Waals surface area contributed by atoms with Crippen LogP contribution in [0.4, 0.5) is 0 Å². The fraction of sp³-hybridized carbons (Fsp3) is 0.333. The van der Waals surface area contributed by atoms with Gasteiger partial charge in [-0.3, -0.25) is 5.10 Å². The lowest BCUT2D eigenvalue weighted by molar-refractivity contribution is 0.585. The van der Waals surface area contributed by atoms with Crippen molar-refractivity contribution in [2.45, 2.75) is 13.0 Å². The second kappa shape index (κ2) is 5.56. The van der Waals surface area contributed by atoms with Crippen LogP contribution in [0.3, 0.4) is 0 Å². The van der Waals surface area contributed by atoms with Crippen molar-refractivity contribution in [1.29, 1.82) is 0 Å². The molecule has 1 aromatic carbocycles. The van der Waals surface area contributed by atoms with Crippen molar-refractivity contribution in [3.05, 3.63) is 47.5 Å². The van der Waals surface area contributed by atoms with Gasteiger partial charge in [0.25, 0.3) is 0 Å². The smallest absolute Gasteiger partial charge is 0.172 e. The first-order chi connectivity index (χ1) is 8.31. The minimum absolute atomic E-state index is 0.00954. The molecule has 0 radical (unpaired) electrons. The van der Waals surface area contributed by atoms with Gasteiger partial charge in [-0.1, -0.05) is 30.3 Å². The van der Waals surface area contributed by atoms with Crippen molar-refractivity contribution in [2.24, 2.45) is 5.73 Å². The second-order valence-corrected chi connectivity index (χ2v) is 3.87. The van der Waals surface area contributed by atoms with Crippen LogP contribution in [0.5, 0.6) is 0 Å². The molecule has 0 aliphatic rings. The zero-order valence-corrected chi connectivity index (χ0v) is 9.85. The van der Waals surface area contributed by atoms with Crippen molar-refractivity contribution in [1.82, 2.24) is 20.5 Å². The largest absolute Gasteiger partial charge is 0.329 e. The van der Waals surface area contributed by atoms with Crippen LogP contribution in [0.25, 0.3) is 0 Å². The Morgan fingerprint density at radius 3 is 2.71 bits per heavy atom. The van der Waals surface area contributed by atoms with Gasteiger partial charge in [-0.2, -0.15) is 5.10 Å². The van der Waals surface area contributed by atoms with Crippen LogP contribution < -0.4 is 11.1 Å². The number of aromatic amines is 1. The maximum atomic E-state index is 5.53. The molecule has 5 nitrogen and oxygen atoms in total. The van der Waals surface area contributed by atoms with Gasteiger partial charge >= 0.3 is 0 Å². The van der Waals surface area contributed by atoms with Gasteiger partial charge in [-0.15, -0.1) is 0 Å². The van der Waals surface area contributed by atoms with Crippen LogP contribution in [-0.2, 0) is 0 Å². The van der Waals surface area contributed by atoms with E-state index in [1.54, 1.807) is 0 Å². The molecule has 1 unspecified atom stereocenters. The quantitative estimate of drug-likeness (QED) is 0.709. The number of benzene rings is 1. The third-order valence-corrected chi connectivity index (χ3v) is 2.50. The lowest BCUT2D eigenvalue weighted by Gasteiger charge is -2.15. The Hall–Kier alpha value is -1.72. The van der Waals surface area contributed by atoms with Gasteiger partial charge in [0.05, 0.1) is 6.04 Å². The van der Waals surface area contributed by atoms with E-state index in [4.69, 9.17) is 5.73 Å². The fourth-order valence-corrected chi connectivity index (χ4v) is 1.72. The number of aryl methyl sites for hydroxylation is 1. The topological polar surface area (TPSA) is 79.6 Å². The van der Waals surface area contributed by atoms with Gasteiger partial charge in [-0.25, -0.2) is 4.98 Å². The maximum absolute atomic E-state index is 5.53. The Balaban J connectivity index is 2.25. The summed E-state index contributed by atoms with van der Waals surface area (Å²) in [5, 5.41) is 10.4. The highest BCUT2D eigenvalue weighted by atomic mass is 15.2. The van der Waals surface area contributed by atoms with Crippen LogP contribution in [-0.4, -0.2) is 28.3 Å². The third kappa shape index (κ3) is 2.89. The first kappa shape index (κ1) is 11.8. The summed E-state index contributed by atoms with van der Waals surface area (Å²) in [7, 11) is 0. The number of nitrogens with zero attached hydrogens (tertiary/aromatic N) is 2. The first-order valence-corrected chi connectivity index (χ1v) is 5.68. The van der Waals surface area contributed by atoms with Crippen LogP contribution >= 0.6 is 0 Å². The van der Waals surface area contributed by atoms with E-state index in [2.05, 4.69) is 32.6 Å². The van der Waals surface area contributed by atoms with Crippen LogP contribution in [0.2, 0.25) is 0 Å². The molecule has 2 rings (SSSR count). The molecule has 0 saturated carbocycles. The normalized spacial score (nSPS) is 12.6. The van der Waals surface area contributed by atoms with E-state index < -0.39 is 0 Å². The molecule has 17 heavy (non-hydrogen) atoms.